The Morgan fingerprint density at radius 1 is 1.16 bits per heavy atom. The largest absolute Gasteiger partial charge is 0.444 e. The van der Waals surface area contributed by atoms with Gasteiger partial charge >= 0.3 is 5.97 Å². The Balaban J connectivity index is 1.50. The summed E-state index contributed by atoms with van der Waals surface area (Å²) in [6, 6.07) is 10.8. The summed E-state index contributed by atoms with van der Waals surface area (Å²) in [7, 11) is 0. The first kappa shape index (κ1) is 19.7. The van der Waals surface area contributed by atoms with Gasteiger partial charge in [-0.15, -0.1) is 0 Å². The van der Waals surface area contributed by atoms with E-state index in [2.05, 4.69) is 10.1 Å². The molecule has 1 aliphatic heterocycles. The number of aryl methyl sites for hydroxylation is 1. The number of amides is 1. The molecule has 1 saturated heterocycles. The van der Waals surface area contributed by atoms with E-state index in [1.54, 1.807) is 30.0 Å². The predicted molar refractivity (Wildman–Crippen MR) is 111 cm³/mol. The average Bonchev–Trinajstić information content (AvgIpc) is 3.60. The van der Waals surface area contributed by atoms with E-state index >= 15 is 0 Å². The van der Waals surface area contributed by atoms with E-state index in [9.17, 15) is 9.59 Å². The number of morpholine rings is 1. The Bertz CT molecular complexity index is 1120. The summed E-state index contributed by atoms with van der Waals surface area (Å²) in [5.41, 5.74) is 2.65. The molecule has 0 radical (unpaired) electrons. The van der Waals surface area contributed by atoms with Gasteiger partial charge in [-0.1, -0.05) is 35.5 Å². The lowest BCUT2D eigenvalue weighted by atomic mass is 10.1. The fourth-order valence-electron chi connectivity index (χ4n) is 3.87. The number of rotatable bonds is 5. The molecule has 1 aliphatic carbocycles. The highest BCUT2D eigenvalue weighted by Gasteiger charge is 2.33. The minimum absolute atomic E-state index is 0.252. The highest BCUT2D eigenvalue weighted by molar-refractivity contribution is 6.04. The van der Waals surface area contributed by atoms with E-state index in [4.69, 9.17) is 14.0 Å². The third kappa shape index (κ3) is 3.90. The minimum atomic E-state index is -1.04. The van der Waals surface area contributed by atoms with Crippen molar-refractivity contribution < 1.29 is 23.6 Å². The van der Waals surface area contributed by atoms with Crippen molar-refractivity contribution in [2.45, 2.75) is 31.8 Å². The van der Waals surface area contributed by atoms with Crippen LogP contribution in [0.4, 0.5) is 0 Å². The van der Waals surface area contributed by atoms with Crippen molar-refractivity contribution in [3.8, 4) is 0 Å². The van der Waals surface area contributed by atoms with Crippen molar-refractivity contribution in [2.24, 2.45) is 0 Å². The molecule has 0 bridgehead atoms. The molecule has 2 aromatic heterocycles. The highest BCUT2D eigenvalue weighted by atomic mass is 16.5. The number of benzene rings is 1. The first-order valence-corrected chi connectivity index (χ1v) is 10.5. The summed E-state index contributed by atoms with van der Waals surface area (Å²) in [5.74, 6) is -0.519. The van der Waals surface area contributed by atoms with E-state index in [1.165, 1.54) is 0 Å². The highest BCUT2D eigenvalue weighted by Crippen LogP contribution is 2.40. The molecule has 8 nitrogen and oxygen atoms in total. The first-order chi connectivity index (χ1) is 15.1. The quantitative estimate of drug-likeness (QED) is 0.584. The van der Waals surface area contributed by atoms with Crippen molar-refractivity contribution in [3.63, 3.8) is 0 Å². The molecule has 2 fully saturated rings. The second kappa shape index (κ2) is 8.11. The standard InChI is InChI=1S/C23H23N3O5/c1-14-19-17(13-18(15-7-8-15)24-21(19)31-25-14)23(28)30-20(16-5-3-2-4-6-16)22(27)26-9-11-29-12-10-26/h2-6,13,15,20H,7-12H2,1H3/t20-/m0/s1. The number of aromatic nitrogens is 2. The van der Waals surface area contributed by atoms with Crippen LogP contribution in [0, 0.1) is 6.92 Å². The summed E-state index contributed by atoms with van der Waals surface area (Å²) >= 11 is 0. The molecular weight excluding hydrogens is 398 g/mol. The first-order valence-electron chi connectivity index (χ1n) is 10.5. The number of carbonyl (C=O) groups is 2. The number of carbonyl (C=O) groups excluding carboxylic acids is 2. The number of ether oxygens (including phenoxy) is 2. The minimum Gasteiger partial charge on any atom is -0.444 e. The number of fused-ring (bicyclic) bond motifs is 1. The van der Waals surface area contributed by atoms with Crippen molar-refractivity contribution in [1.82, 2.24) is 15.0 Å². The predicted octanol–water partition coefficient (Wildman–Crippen LogP) is 3.17. The summed E-state index contributed by atoms with van der Waals surface area (Å²) in [5, 5.41) is 4.50. The van der Waals surface area contributed by atoms with Crippen LogP contribution in [0.1, 0.15) is 52.2 Å². The Labute approximate surface area is 179 Å². The average molecular weight is 421 g/mol. The molecule has 1 saturated carbocycles. The van der Waals surface area contributed by atoms with Crippen molar-refractivity contribution in [3.05, 3.63) is 58.9 Å². The van der Waals surface area contributed by atoms with Crippen LogP contribution in [-0.4, -0.2) is 53.2 Å². The molecule has 1 amide bonds. The van der Waals surface area contributed by atoms with Gasteiger partial charge in [0.25, 0.3) is 11.6 Å². The lowest BCUT2D eigenvalue weighted by Gasteiger charge is -2.30. The number of hydrogen-bond donors (Lipinski definition) is 0. The van der Waals surface area contributed by atoms with Gasteiger partial charge in [0.1, 0.15) is 0 Å². The van der Waals surface area contributed by atoms with Gasteiger partial charge in [0.2, 0.25) is 6.10 Å². The molecule has 0 unspecified atom stereocenters. The zero-order valence-electron chi connectivity index (χ0n) is 17.2. The zero-order valence-corrected chi connectivity index (χ0v) is 17.2. The van der Waals surface area contributed by atoms with E-state index < -0.39 is 12.1 Å². The van der Waals surface area contributed by atoms with E-state index in [-0.39, 0.29) is 5.91 Å². The van der Waals surface area contributed by atoms with Gasteiger partial charge in [0.05, 0.1) is 29.9 Å². The van der Waals surface area contributed by atoms with Gasteiger partial charge in [-0.3, -0.25) is 4.79 Å². The fraction of sp³-hybridized carbons (Fsp3) is 0.391. The van der Waals surface area contributed by atoms with Crippen LogP contribution < -0.4 is 0 Å². The van der Waals surface area contributed by atoms with Gasteiger partial charge in [-0.05, 0) is 25.8 Å². The van der Waals surface area contributed by atoms with Crippen LogP contribution in [0.15, 0.2) is 40.9 Å². The van der Waals surface area contributed by atoms with E-state index in [0.717, 1.165) is 18.5 Å². The molecule has 0 spiro atoms. The van der Waals surface area contributed by atoms with Gasteiger partial charge in [0, 0.05) is 30.3 Å². The molecular formula is C23H23N3O5. The molecule has 5 rings (SSSR count). The second-order valence-corrected chi connectivity index (χ2v) is 7.95. The van der Waals surface area contributed by atoms with Crippen molar-refractivity contribution >= 4 is 23.0 Å². The molecule has 0 N–H and O–H groups in total. The van der Waals surface area contributed by atoms with Crippen molar-refractivity contribution in [2.75, 3.05) is 26.3 Å². The number of hydrogen-bond acceptors (Lipinski definition) is 7. The fourth-order valence-corrected chi connectivity index (χ4v) is 3.87. The number of pyridine rings is 1. The summed E-state index contributed by atoms with van der Waals surface area (Å²) in [4.78, 5) is 32.8. The van der Waals surface area contributed by atoms with Crippen LogP contribution >= 0.6 is 0 Å². The number of nitrogens with zero attached hydrogens (tertiary/aromatic N) is 3. The molecule has 3 heterocycles. The van der Waals surface area contributed by atoms with E-state index in [1.807, 2.05) is 18.2 Å². The van der Waals surface area contributed by atoms with Crippen LogP contribution in [0.25, 0.3) is 11.1 Å². The van der Waals surface area contributed by atoms with Gasteiger partial charge in [-0.2, -0.15) is 0 Å². The second-order valence-electron chi connectivity index (χ2n) is 7.95. The van der Waals surface area contributed by atoms with Crippen LogP contribution in [0.3, 0.4) is 0 Å². The molecule has 160 valence electrons. The smallest absolute Gasteiger partial charge is 0.340 e. The maximum Gasteiger partial charge on any atom is 0.340 e. The lowest BCUT2D eigenvalue weighted by Crippen LogP contribution is -2.44. The Hall–Kier alpha value is -3.26. The Kier molecular flexibility index (Phi) is 5.15. The SMILES string of the molecule is Cc1noc2nc(C3CC3)cc(C(=O)O[C@H](C(=O)N3CCOCC3)c3ccccc3)c12. The summed E-state index contributed by atoms with van der Waals surface area (Å²) < 4.78 is 16.5. The van der Waals surface area contributed by atoms with Crippen LogP contribution in [0.2, 0.25) is 0 Å². The van der Waals surface area contributed by atoms with E-state index in [0.29, 0.717) is 60.1 Å². The van der Waals surface area contributed by atoms with Gasteiger partial charge in [0.15, 0.2) is 0 Å². The maximum absolute atomic E-state index is 13.4. The maximum atomic E-state index is 13.4. The molecule has 31 heavy (non-hydrogen) atoms. The summed E-state index contributed by atoms with van der Waals surface area (Å²) in [6.07, 6.45) is 1.02. The van der Waals surface area contributed by atoms with Crippen molar-refractivity contribution in [1.29, 1.82) is 0 Å². The number of esters is 1. The normalized spacial score (nSPS) is 17.5. The summed E-state index contributed by atoms with van der Waals surface area (Å²) in [6.45, 7) is 3.63. The Morgan fingerprint density at radius 3 is 2.61 bits per heavy atom. The van der Waals surface area contributed by atoms with Gasteiger partial charge in [-0.25, -0.2) is 9.78 Å². The third-order valence-electron chi connectivity index (χ3n) is 5.73. The van der Waals surface area contributed by atoms with Crippen LogP contribution in [-0.2, 0) is 14.3 Å². The zero-order chi connectivity index (χ0) is 21.4. The van der Waals surface area contributed by atoms with Gasteiger partial charge < -0.3 is 18.9 Å². The molecule has 8 heteroatoms. The molecule has 2 aliphatic rings. The molecule has 1 atom stereocenters. The Morgan fingerprint density at radius 2 is 1.90 bits per heavy atom. The molecule has 3 aromatic rings. The lowest BCUT2D eigenvalue weighted by molar-refractivity contribution is -0.145. The van der Waals surface area contributed by atoms with Crippen LogP contribution in [0.5, 0.6) is 0 Å². The monoisotopic (exact) mass is 421 g/mol. The third-order valence-corrected chi connectivity index (χ3v) is 5.73. The molecule has 1 aromatic carbocycles. The topological polar surface area (TPSA) is 94.8 Å².